The van der Waals surface area contributed by atoms with Gasteiger partial charge in [0, 0.05) is 39.3 Å². The van der Waals surface area contributed by atoms with Crippen molar-refractivity contribution >= 4 is 11.8 Å². The Morgan fingerprint density at radius 2 is 1.88 bits per heavy atom. The zero-order valence-electron chi connectivity index (χ0n) is 14.2. The zero-order chi connectivity index (χ0) is 17.6. The summed E-state index contributed by atoms with van der Waals surface area (Å²) in [7, 11) is 0. The minimum Gasteiger partial charge on any atom is -0.368 e. The third-order valence-corrected chi connectivity index (χ3v) is 4.66. The van der Waals surface area contributed by atoms with E-state index in [1.165, 1.54) is 12.1 Å². The maximum Gasteiger partial charge on any atom is 0.251 e. The molecule has 2 saturated heterocycles. The maximum atomic E-state index is 12.9. The van der Waals surface area contributed by atoms with Crippen LogP contribution in [0.1, 0.15) is 18.4 Å². The summed E-state index contributed by atoms with van der Waals surface area (Å²) in [6.45, 7) is 3.99. The van der Waals surface area contributed by atoms with E-state index in [2.05, 4.69) is 5.32 Å². The average molecular weight is 349 g/mol. The lowest BCUT2D eigenvalue weighted by Crippen LogP contribution is -2.53. The number of nitrogens with zero attached hydrogens (tertiary/aromatic N) is 2. The number of carbonyl (C=O) groups is 2. The summed E-state index contributed by atoms with van der Waals surface area (Å²) in [5.74, 6) is -0.272. The van der Waals surface area contributed by atoms with Gasteiger partial charge in [-0.15, -0.1) is 0 Å². The van der Waals surface area contributed by atoms with Crippen molar-refractivity contribution in [3.05, 3.63) is 35.6 Å². The van der Waals surface area contributed by atoms with E-state index in [0.29, 0.717) is 45.9 Å². The highest BCUT2D eigenvalue weighted by molar-refractivity contribution is 5.81. The summed E-state index contributed by atoms with van der Waals surface area (Å²) in [4.78, 5) is 28.2. The molecule has 3 rings (SSSR count). The fourth-order valence-electron chi connectivity index (χ4n) is 3.16. The third kappa shape index (κ3) is 4.99. The first kappa shape index (κ1) is 17.8. The van der Waals surface area contributed by atoms with Crippen LogP contribution in [0.5, 0.6) is 0 Å². The van der Waals surface area contributed by atoms with Crippen LogP contribution in [0.2, 0.25) is 0 Å². The van der Waals surface area contributed by atoms with Gasteiger partial charge in [-0.2, -0.15) is 0 Å². The van der Waals surface area contributed by atoms with E-state index in [0.717, 1.165) is 18.4 Å². The lowest BCUT2D eigenvalue weighted by molar-refractivity contribution is -0.142. The van der Waals surface area contributed by atoms with Gasteiger partial charge in [-0.3, -0.25) is 14.5 Å². The quantitative estimate of drug-likeness (QED) is 0.853. The Hall–Kier alpha value is -1.99. The van der Waals surface area contributed by atoms with Crippen molar-refractivity contribution in [1.29, 1.82) is 0 Å². The minimum absolute atomic E-state index is 0.0665. The van der Waals surface area contributed by atoms with Crippen LogP contribution in [0, 0.1) is 5.82 Å². The number of benzene rings is 1. The van der Waals surface area contributed by atoms with Crippen molar-refractivity contribution in [2.45, 2.75) is 25.5 Å². The van der Waals surface area contributed by atoms with Crippen LogP contribution in [-0.4, -0.2) is 67.0 Å². The van der Waals surface area contributed by atoms with E-state index in [-0.39, 0.29) is 23.7 Å². The van der Waals surface area contributed by atoms with Crippen molar-refractivity contribution in [2.24, 2.45) is 0 Å². The van der Waals surface area contributed by atoms with Gasteiger partial charge < -0.3 is 15.0 Å². The van der Waals surface area contributed by atoms with E-state index in [9.17, 15) is 14.0 Å². The summed E-state index contributed by atoms with van der Waals surface area (Å²) in [5.41, 5.74) is 0.863. The maximum absolute atomic E-state index is 12.9. The summed E-state index contributed by atoms with van der Waals surface area (Å²) in [6.07, 6.45) is 1.49. The van der Waals surface area contributed by atoms with E-state index in [4.69, 9.17) is 4.74 Å². The van der Waals surface area contributed by atoms with E-state index < -0.39 is 0 Å². The fraction of sp³-hybridized carbons (Fsp3) is 0.556. The molecule has 7 heteroatoms. The van der Waals surface area contributed by atoms with Gasteiger partial charge in [0.1, 0.15) is 11.9 Å². The molecule has 0 aliphatic carbocycles. The first-order valence-corrected chi connectivity index (χ1v) is 8.76. The molecule has 1 aromatic carbocycles. The number of halogens is 1. The van der Waals surface area contributed by atoms with Crippen LogP contribution in [-0.2, 0) is 20.9 Å². The molecule has 0 radical (unpaired) electrons. The number of hydrogen-bond acceptors (Lipinski definition) is 4. The minimum atomic E-state index is -0.287. The molecule has 1 aromatic rings. The van der Waals surface area contributed by atoms with Crippen molar-refractivity contribution in [1.82, 2.24) is 15.1 Å². The first-order valence-electron chi connectivity index (χ1n) is 8.76. The molecular weight excluding hydrogens is 325 g/mol. The number of nitrogens with one attached hydrogen (secondary N) is 1. The predicted octanol–water partition coefficient (Wildman–Crippen LogP) is 0.765. The number of rotatable bonds is 5. The molecule has 0 aromatic heterocycles. The molecule has 2 fully saturated rings. The Kier molecular flexibility index (Phi) is 5.99. The molecule has 1 N–H and O–H groups in total. The van der Waals surface area contributed by atoms with E-state index >= 15 is 0 Å². The smallest absolute Gasteiger partial charge is 0.251 e. The fourth-order valence-corrected chi connectivity index (χ4v) is 3.16. The first-order chi connectivity index (χ1) is 12.1. The van der Waals surface area contributed by atoms with Crippen molar-refractivity contribution in [3.8, 4) is 0 Å². The van der Waals surface area contributed by atoms with Crippen LogP contribution in [0.3, 0.4) is 0 Å². The molecule has 25 heavy (non-hydrogen) atoms. The topological polar surface area (TPSA) is 61.9 Å². The SMILES string of the molecule is O=C(CN1CCN(C(=O)[C@H]2CCCO2)CC1)NCc1ccc(F)cc1. The molecule has 6 nitrogen and oxygen atoms in total. The Labute approximate surface area is 146 Å². The lowest BCUT2D eigenvalue weighted by Gasteiger charge is -2.35. The van der Waals surface area contributed by atoms with Gasteiger partial charge >= 0.3 is 0 Å². The van der Waals surface area contributed by atoms with Crippen LogP contribution < -0.4 is 5.32 Å². The Morgan fingerprint density at radius 1 is 1.16 bits per heavy atom. The molecule has 136 valence electrons. The molecule has 0 saturated carbocycles. The summed E-state index contributed by atoms with van der Waals surface area (Å²) in [6, 6.07) is 6.08. The highest BCUT2D eigenvalue weighted by Crippen LogP contribution is 2.15. The predicted molar refractivity (Wildman–Crippen MR) is 90.2 cm³/mol. The molecule has 1 atom stereocenters. The van der Waals surface area contributed by atoms with E-state index in [1.807, 2.05) is 9.80 Å². The Balaban J connectivity index is 1.37. The molecule has 2 aliphatic heterocycles. The van der Waals surface area contributed by atoms with Gasteiger partial charge in [-0.1, -0.05) is 12.1 Å². The molecule has 2 amide bonds. The number of hydrogen-bond donors (Lipinski definition) is 1. The van der Waals surface area contributed by atoms with Crippen molar-refractivity contribution in [2.75, 3.05) is 39.3 Å². The largest absolute Gasteiger partial charge is 0.368 e. The third-order valence-electron chi connectivity index (χ3n) is 4.66. The van der Waals surface area contributed by atoms with Gasteiger partial charge in [0.05, 0.1) is 6.54 Å². The van der Waals surface area contributed by atoms with Crippen molar-refractivity contribution < 1.29 is 18.7 Å². The second kappa shape index (κ2) is 8.40. The molecule has 2 aliphatic rings. The van der Waals surface area contributed by atoms with Crippen LogP contribution >= 0.6 is 0 Å². The summed E-state index contributed by atoms with van der Waals surface area (Å²) >= 11 is 0. The Bertz CT molecular complexity index is 594. The van der Waals surface area contributed by atoms with Gasteiger partial charge in [-0.05, 0) is 30.5 Å². The number of amides is 2. The highest BCUT2D eigenvalue weighted by atomic mass is 19.1. The van der Waals surface area contributed by atoms with E-state index in [1.54, 1.807) is 12.1 Å². The molecule has 0 unspecified atom stereocenters. The van der Waals surface area contributed by atoms with Gasteiger partial charge in [-0.25, -0.2) is 4.39 Å². The molecule has 0 bridgehead atoms. The second-order valence-corrected chi connectivity index (χ2v) is 6.51. The number of carbonyl (C=O) groups excluding carboxylic acids is 2. The lowest BCUT2D eigenvalue weighted by atomic mass is 10.2. The standard InChI is InChI=1S/C18H24FN3O3/c19-15-5-3-14(4-6-15)12-20-17(23)13-21-7-9-22(10-8-21)18(24)16-2-1-11-25-16/h3-6,16H,1-2,7-13H2,(H,20,23)/t16-/m1/s1. The highest BCUT2D eigenvalue weighted by Gasteiger charge is 2.30. The van der Waals surface area contributed by atoms with Crippen LogP contribution in [0.25, 0.3) is 0 Å². The van der Waals surface area contributed by atoms with Gasteiger partial charge in [0.15, 0.2) is 0 Å². The Morgan fingerprint density at radius 3 is 2.52 bits per heavy atom. The number of piperazine rings is 1. The molecule has 0 spiro atoms. The summed E-state index contributed by atoms with van der Waals surface area (Å²) in [5, 5.41) is 2.84. The zero-order valence-corrected chi connectivity index (χ0v) is 14.2. The van der Waals surface area contributed by atoms with Crippen molar-refractivity contribution in [3.63, 3.8) is 0 Å². The van der Waals surface area contributed by atoms with Crippen LogP contribution in [0.4, 0.5) is 4.39 Å². The second-order valence-electron chi connectivity index (χ2n) is 6.51. The number of ether oxygens (including phenoxy) is 1. The monoisotopic (exact) mass is 349 g/mol. The van der Waals surface area contributed by atoms with Crippen LogP contribution in [0.15, 0.2) is 24.3 Å². The molecule has 2 heterocycles. The summed E-state index contributed by atoms with van der Waals surface area (Å²) < 4.78 is 18.3. The normalized spacial score (nSPS) is 21.3. The van der Waals surface area contributed by atoms with Gasteiger partial charge in [0.2, 0.25) is 5.91 Å². The van der Waals surface area contributed by atoms with Gasteiger partial charge in [0.25, 0.3) is 5.91 Å². The average Bonchev–Trinajstić information content (AvgIpc) is 3.16. The molecular formula is C18H24FN3O3.